The summed E-state index contributed by atoms with van der Waals surface area (Å²) in [6.45, 7) is 5.68. The Hall–Kier alpha value is -1.16. The van der Waals surface area contributed by atoms with Gasteiger partial charge in [-0.3, -0.25) is 4.90 Å². The molecule has 0 bridgehead atoms. The molecule has 1 aliphatic rings. The largest absolute Gasteiger partial charge is 0.333 e. The molecule has 0 radical (unpaired) electrons. The second-order valence-corrected chi connectivity index (χ2v) is 4.12. The maximum absolute atomic E-state index is 10.8. The first-order valence-corrected chi connectivity index (χ1v) is 5.47. The van der Waals surface area contributed by atoms with Crippen LogP contribution >= 0.6 is 0 Å². The summed E-state index contributed by atoms with van der Waals surface area (Å²) in [7, 11) is 0. The molecule has 0 saturated carbocycles. The van der Waals surface area contributed by atoms with Gasteiger partial charge in [-0.25, -0.2) is 4.98 Å². The third-order valence-electron chi connectivity index (χ3n) is 2.83. The molecule has 0 aliphatic carbocycles. The lowest BCUT2D eigenvalue weighted by Crippen LogP contribution is -2.34. The summed E-state index contributed by atoms with van der Waals surface area (Å²) in [4.78, 5) is 17.5. The Labute approximate surface area is 89.9 Å². The summed E-state index contributed by atoms with van der Waals surface area (Å²) >= 11 is 0. The van der Waals surface area contributed by atoms with Gasteiger partial charge in [0.15, 0.2) is 0 Å². The first kappa shape index (κ1) is 10.4. The number of hydrogen-bond acceptors (Lipinski definition) is 3. The fourth-order valence-electron chi connectivity index (χ4n) is 1.97. The lowest BCUT2D eigenvalue weighted by Gasteiger charge is -2.27. The van der Waals surface area contributed by atoms with Crippen LogP contribution in [0.5, 0.6) is 0 Å². The van der Waals surface area contributed by atoms with Gasteiger partial charge in [0, 0.05) is 31.9 Å². The highest BCUT2D eigenvalue weighted by molar-refractivity contribution is 5.75. The number of hydrogen-bond donors (Lipinski definition) is 0. The smallest absolute Gasteiger partial charge is 0.129 e. The highest BCUT2D eigenvalue weighted by Crippen LogP contribution is 2.10. The van der Waals surface area contributed by atoms with Gasteiger partial charge < -0.3 is 9.36 Å². The molecule has 0 atom stereocenters. The number of nitrogens with zero attached hydrogens (tertiary/aromatic N) is 3. The Morgan fingerprint density at radius 1 is 1.53 bits per heavy atom. The number of imidazole rings is 1. The van der Waals surface area contributed by atoms with Gasteiger partial charge >= 0.3 is 0 Å². The molecule has 0 saturated heterocycles. The van der Waals surface area contributed by atoms with Gasteiger partial charge in [0.2, 0.25) is 0 Å². The third-order valence-corrected chi connectivity index (χ3v) is 2.83. The summed E-state index contributed by atoms with van der Waals surface area (Å²) < 4.78 is 2.20. The minimum absolute atomic E-state index is 0.286. The van der Waals surface area contributed by atoms with Crippen molar-refractivity contribution in [2.75, 3.05) is 13.1 Å². The lowest BCUT2D eigenvalue weighted by atomic mass is 10.2. The SMILES string of the molecule is CC(=O)CCCN1CCn2ccnc2C1. The van der Waals surface area contributed by atoms with Crippen molar-refractivity contribution in [1.82, 2.24) is 14.5 Å². The number of fused-ring (bicyclic) bond motifs is 1. The standard InChI is InChI=1S/C11H17N3O/c1-10(15)3-2-5-13-7-8-14-6-4-12-11(14)9-13/h4,6H,2-3,5,7-9H2,1H3. The van der Waals surface area contributed by atoms with Crippen molar-refractivity contribution in [3.8, 4) is 0 Å². The number of carbonyl (C=O) groups is 1. The van der Waals surface area contributed by atoms with Crippen LogP contribution in [0.4, 0.5) is 0 Å². The second-order valence-electron chi connectivity index (χ2n) is 4.12. The fraction of sp³-hybridized carbons (Fsp3) is 0.636. The van der Waals surface area contributed by atoms with Crippen LogP contribution in [-0.2, 0) is 17.9 Å². The first-order chi connectivity index (χ1) is 7.25. The van der Waals surface area contributed by atoms with Crippen molar-refractivity contribution in [2.45, 2.75) is 32.9 Å². The number of carbonyl (C=O) groups excluding carboxylic acids is 1. The van der Waals surface area contributed by atoms with Crippen LogP contribution in [0.3, 0.4) is 0 Å². The maximum atomic E-state index is 10.8. The molecule has 0 unspecified atom stereocenters. The number of ketones is 1. The van der Waals surface area contributed by atoms with Crippen LogP contribution in [0.1, 0.15) is 25.6 Å². The van der Waals surface area contributed by atoms with Crippen LogP contribution in [-0.4, -0.2) is 33.3 Å². The number of rotatable bonds is 4. The van der Waals surface area contributed by atoms with Gasteiger partial charge in [0.05, 0.1) is 6.54 Å². The summed E-state index contributed by atoms with van der Waals surface area (Å²) in [5, 5.41) is 0. The van der Waals surface area contributed by atoms with Gasteiger partial charge in [0.1, 0.15) is 11.6 Å². The van der Waals surface area contributed by atoms with E-state index in [1.165, 1.54) is 0 Å². The fourth-order valence-corrected chi connectivity index (χ4v) is 1.97. The molecule has 2 heterocycles. The Morgan fingerprint density at radius 2 is 2.40 bits per heavy atom. The van der Waals surface area contributed by atoms with E-state index >= 15 is 0 Å². The minimum Gasteiger partial charge on any atom is -0.333 e. The zero-order valence-corrected chi connectivity index (χ0v) is 9.15. The molecule has 1 aromatic heterocycles. The van der Waals surface area contributed by atoms with E-state index in [0.29, 0.717) is 6.42 Å². The summed E-state index contributed by atoms with van der Waals surface area (Å²) in [5.74, 6) is 1.43. The molecule has 0 amide bonds. The highest BCUT2D eigenvalue weighted by atomic mass is 16.1. The third kappa shape index (κ3) is 2.65. The van der Waals surface area contributed by atoms with Crippen LogP contribution in [0, 0.1) is 0 Å². The highest BCUT2D eigenvalue weighted by Gasteiger charge is 2.15. The molecule has 82 valence electrons. The van der Waals surface area contributed by atoms with Crippen molar-refractivity contribution >= 4 is 5.78 Å². The summed E-state index contributed by atoms with van der Waals surface area (Å²) in [5.41, 5.74) is 0. The molecule has 0 N–H and O–H groups in total. The Morgan fingerprint density at radius 3 is 3.20 bits per heavy atom. The molecule has 0 spiro atoms. The van der Waals surface area contributed by atoms with E-state index in [1.807, 2.05) is 12.4 Å². The second kappa shape index (κ2) is 4.57. The van der Waals surface area contributed by atoms with Crippen LogP contribution < -0.4 is 0 Å². The average Bonchev–Trinajstić information content (AvgIpc) is 2.64. The lowest BCUT2D eigenvalue weighted by molar-refractivity contribution is -0.117. The molecule has 0 fully saturated rings. The number of Topliss-reactive ketones (excluding diaryl/α,β-unsaturated/α-hetero) is 1. The van der Waals surface area contributed by atoms with E-state index in [9.17, 15) is 4.79 Å². The van der Waals surface area contributed by atoms with Crippen LogP contribution in [0.15, 0.2) is 12.4 Å². The molecule has 4 nitrogen and oxygen atoms in total. The molecular weight excluding hydrogens is 190 g/mol. The van der Waals surface area contributed by atoms with E-state index in [2.05, 4.69) is 14.5 Å². The minimum atomic E-state index is 0.286. The molecule has 1 aliphatic heterocycles. The Bertz CT molecular complexity index is 345. The van der Waals surface area contributed by atoms with Gasteiger partial charge in [-0.1, -0.05) is 0 Å². The zero-order chi connectivity index (χ0) is 10.7. The van der Waals surface area contributed by atoms with Crippen molar-refractivity contribution in [1.29, 1.82) is 0 Å². The van der Waals surface area contributed by atoms with Gasteiger partial charge in [-0.15, -0.1) is 0 Å². The molecule has 0 aromatic carbocycles. The summed E-state index contributed by atoms with van der Waals surface area (Å²) in [6.07, 6.45) is 5.55. The number of aromatic nitrogens is 2. The normalized spacial score (nSPS) is 16.3. The first-order valence-electron chi connectivity index (χ1n) is 5.47. The van der Waals surface area contributed by atoms with E-state index in [-0.39, 0.29) is 5.78 Å². The van der Waals surface area contributed by atoms with E-state index in [0.717, 1.165) is 38.4 Å². The monoisotopic (exact) mass is 207 g/mol. The van der Waals surface area contributed by atoms with Crippen molar-refractivity contribution < 1.29 is 4.79 Å². The predicted octanol–water partition coefficient (Wildman–Crippen LogP) is 1.07. The molecule has 1 aromatic rings. The van der Waals surface area contributed by atoms with Gasteiger partial charge in [0.25, 0.3) is 0 Å². The van der Waals surface area contributed by atoms with E-state index < -0.39 is 0 Å². The molecule has 15 heavy (non-hydrogen) atoms. The molecule has 4 heteroatoms. The van der Waals surface area contributed by atoms with Crippen molar-refractivity contribution in [3.63, 3.8) is 0 Å². The van der Waals surface area contributed by atoms with Gasteiger partial charge in [-0.2, -0.15) is 0 Å². The van der Waals surface area contributed by atoms with E-state index in [1.54, 1.807) is 6.92 Å². The average molecular weight is 207 g/mol. The summed E-state index contributed by atoms with van der Waals surface area (Å²) in [6, 6.07) is 0. The van der Waals surface area contributed by atoms with Crippen molar-refractivity contribution in [2.24, 2.45) is 0 Å². The Kier molecular flexibility index (Phi) is 3.16. The maximum Gasteiger partial charge on any atom is 0.129 e. The van der Waals surface area contributed by atoms with Crippen molar-refractivity contribution in [3.05, 3.63) is 18.2 Å². The van der Waals surface area contributed by atoms with E-state index in [4.69, 9.17) is 0 Å². The van der Waals surface area contributed by atoms with Gasteiger partial charge in [-0.05, 0) is 19.9 Å². The topological polar surface area (TPSA) is 38.1 Å². The van der Waals surface area contributed by atoms with Crippen LogP contribution in [0.25, 0.3) is 0 Å². The predicted molar refractivity (Wildman–Crippen MR) is 57.4 cm³/mol. The Balaban J connectivity index is 1.80. The zero-order valence-electron chi connectivity index (χ0n) is 9.15. The molecule has 2 rings (SSSR count). The van der Waals surface area contributed by atoms with Crippen LogP contribution in [0.2, 0.25) is 0 Å². The quantitative estimate of drug-likeness (QED) is 0.741. The molecular formula is C11H17N3O.